The van der Waals surface area contributed by atoms with E-state index in [-0.39, 0.29) is 0 Å². The van der Waals surface area contributed by atoms with Gasteiger partial charge in [0.1, 0.15) is 0 Å². The molecule has 0 aromatic rings. The largest absolute Gasteiger partial charge is 0.103 e. The topological polar surface area (TPSA) is 0 Å². The molecule has 0 aromatic heterocycles. The van der Waals surface area contributed by atoms with Gasteiger partial charge in [-0.3, -0.25) is 0 Å². The highest BCUT2D eigenvalue weighted by molar-refractivity contribution is 4.92. The van der Waals surface area contributed by atoms with Crippen molar-refractivity contribution < 1.29 is 0 Å². The second kappa shape index (κ2) is 6.01. The monoisotopic (exact) mass is 180 g/mol. The summed E-state index contributed by atoms with van der Waals surface area (Å²) in [6.07, 6.45) is 4.44. The lowest BCUT2D eigenvalue weighted by Gasteiger charge is -2.24. The minimum Gasteiger partial charge on any atom is -0.103 e. The van der Waals surface area contributed by atoms with Crippen LogP contribution in [0.3, 0.4) is 0 Å². The molecule has 0 nitrogen and oxygen atoms in total. The van der Waals surface area contributed by atoms with Crippen LogP contribution in [0.1, 0.15) is 40.5 Å². The average molecular weight is 180 g/mol. The van der Waals surface area contributed by atoms with Crippen LogP contribution < -0.4 is 0 Å². The lowest BCUT2D eigenvalue weighted by molar-refractivity contribution is 0.310. The van der Waals surface area contributed by atoms with Gasteiger partial charge in [-0.25, -0.2) is 0 Å². The molecule has 2 atom stereocenters. The molecule has 0 saturated carbocycles. The molecule has 0 unspecified atom stereocenters. The molecule has 13 heavy (non-hydrogen) atoms. The van der Waals surface area contributed by atoms with Gasteiger partial charge in [-0.1, -0.05) is 32.4 Å². The van der Waals surface area contributed by atoms with Gasteiger partial charge in [0.25, 0.3) is 0 Å². The van der Waals surface area contributed by atoms with Crippen molar-refractivity contribution in [2.75, 3.05) is 0 Å². The van der Waals surface area contributed by atoms with Crippen molar-refractivity contribution in [3.8, 4) is 0 Å². The van der Waals surface area contributed by atoms with Gasteiger partial charge in [0.15, 0.2) is 0 Å². The second-order valence-corrected chi connectivity index (χ2v) is 4.50. The summed E-state index contributed by atoms with van der Waals surface area (Å²) in [5, 5.41) is 0. The minimum atomic E-state index is 0.650. The van der Waals surface area contributed by atoms with E-state index in [1.807, 2.05) is 0 Å². The predicted octanol–water partition coefficient (Wildman–Crippen LogP) is 4.44. The summed E-state index contributed by atoms with van der Waals surface area (Å²) >= 11 is 0. The molecular weight excluding hydrogens is 156 g/mol. The Hall–Kier alpha value is -0.520. The van der Waals surface area contributed by atoms with Crippen LogP contribution in [0.15, 0.2) is 24.8 Å². The van der Waals surface area contributed by atoms with Gasteiger partial charge in [0, 0.05) is 0 Å². The molecule has 0 radical (unpaired) electrons. The second-order valence-electron chi connectivity index (χ2n) is 4.50. The molecular formula is C13H24. The Morgan fingerprint density at radius 1 is 1.31 bits per heavy atom. The number of hydrogen-bond acceptors (Lipinski definition) is 0. The molecule has 0 aliphatic heterocycles. The summed E-state index contributed by atoms with van der Waals surface area (Å²) in [5.41, 5.74) is 1.28. The Kier molecular flexibility index (Phi) is 5.77. The van der Waals surface area contributed by atoms with Crippen LogP contribution >= 0.6 is 0 Å². The molecule has 0 heterocycles. The molecule has 0 aliphatic carbocycles. The first kappa shape index (κ1) is 12.5. The highest BCUT2D eigenvalue weighted by atomic mass is 14.2. The van der Waals surface area contributed by atoms with Gasteiger partial charge in [-0.15, -0.1) is 13.2 Å². The van der Waals surface area contributed by atoms with E-state index in [9.17, 15) is 0 Å². The molecule has 0 fully saturated rings. The standard InChI is InChI=1S/C13H24/c1-7-13(9-8-10(2)3)12(6)11(4)5/h7,11-13H,1-2,8-9H2,3-6H3/t12-,13+/m1/s1. The van der Waals surface area contributed by atoms with Crippen LogP contribution in [0.25, 0.3) is 0 Å². The van der Waals surface area contributed by atoms with E-state index in [1.165, 1.54) is 12.0 Å². The Bertz CT molecular complexity index is 165. The number of allylic oxidation sites excluding steroid dienone is 2. The van der Waals surface area contributed by atoms with E-state index in [0.717, 1.165) is 18.3 Å². The smallest absolute Gasteiger partial charge is 0.0205 e. The van der Waals surface area contributed by atoms with Crippen molar-refractivity contribution in [2.24, 2.45) is 17.8 Å². The van der Waals surface area contributed by atoms with Crippen LogP contribution in [0.2, 0.25) is 0 Å². The Balaban J connectivity index is 4.02. The SMILES string of the molecule is C=C[C@@H](CCC(=C)C)[C@H](C)C(C)C. The van der Waals surface area contributed by atoms with E-state index in [4.69, 9.17) is 0 Å². The number of rotatable bonds is 6. The van der Waals surface area contributed by atoms with Gasteiger partial charge >= 0.3 is 0 Å². The molecule has 0 spiro atoms. The van der Waals surface area contributed by atoms with E-state index >= 15 is 0 Å². The van der Waals surface area contributed by atoms with E-state index in [1.54, 1.807) is 0 Å². The van der Waals surface area contributed by atoms with Crippen molar-refractivity contribution in [1.29, 1.82) is 0 Å². The molecule has 0 aromatic carbocycles. The zero-order valence-electron chi connectivity index (χ0n) is 9.64. The van der Waals surface area contributed by atoms with Crippen molar-refractivity contribution in [3.63, 3.8) is 0 Å². The predicted molar refractivity (Wildman–Crippen MR) is 61.7 cm³/mol. The first-order chi connectivity index (χ1) is 5.99. The van der Waals surface area contributed by atoms with Gasteiger partial charge in [0.05, 0.1) is 0 Å². The van der Waals surface area contributed by atoms with Gasteiger partial charge in [-0.2, -0.15) is 0 Å². The Morgan fingerprint density at radius 3 is 2.15 bits per heavy atom. The lowest BCUT2D eigenvalue weighted by atomic mass is 9.82. The summed E-state index contributed by atoms with van der Waals surface area (Å²) in [6.45, 7) is 16.8. The maximum Gasteiger partial charge on any atom is -0.0205 e. The van der Waals surface area contributed by atoms with E-state index < -0.39 is 0 Å². The first-order valence-electron chi connectivity index (χ1n) is 5.26. The molecule has 76 valence electrons. The summed E-state index contributed by atoms with van der Waals surface area (Å²) in [6, 6.07) is 0. The Morgan fingerprint density at radius 2 is 1.85 bits per heavy atom. The maximum absolute atomic E-state index is 3.93. The zero-order valence-corrected chi connectivity index (χ0v) is 9.64. The summed E-state index contributed by atoms with van der Waals surface area (Å²) in [4.78, 5) is 0. The van der Waals surface area contributed by atoms with Crippen molar-refractivity contribution in [3.05, 3.63) is 24.8 Å². The fraction of sp³-hybridized carbons (Fsp3) is 0.692. The fourth-order valence-corrected chi connectivity index (χ4v) is 1.50. The summed E-state index contributed by atoms with van der Waals surface area (Å²) in [7, 11) is 0. The van der Waals surface area contributed by atoms with Crippen molar-refractivity contribution in [1.82, 2.24) is 0 Å². The molecule has 0 rings (SSSR count). The third-order valence-corrected chi connectivity index (χ3v) is 2.93. The van der Waals surface area contributed by atoms with E-state index in [2.05, 4.69) is 46.9 Å². The van der Waals surface area contributed by atoms with Crippen LogP contribution in [-0.4, -0.2) is 0 Å². The average Bonchev–Trinajstić information content (AvgIpc) is 2.04. The highest BCUT2D eigenvalue weighted by Gasteiger charge is 2.16. The summed E-state index contributed by atoms with van der Waals surface area (Å²) in [5.74, 6) is 2.13. The van der Waals surface area contributed by atoms with Gasteiger partial charge in [0.2, 0.25) is 0 Å². The molecule has 0 heteroatoms. The molecule has 0 saturated heterocycles. The minimum absolute atomic E-state index is 0.650. The first-order valence-corrected chi connectivity index (χ1v) is 5.26. The van der Waals surface area contributed by atoms with Crippen molar-refractivity contribution >= 4 is 0 Å². The quantitative estimate of drug-likeness (QED) is 0.530. The van der Waals surface area contributed by atoms with Crippen LogP contribution in [-0.2, 0) is 0 Å². The van der Waals surface area contributed by atoms with Gasteiger partial charge in [-0.05, 0) is 37.5 Å². The van der Waals surface area contributed by atoms with E-state index in [0.29, 0.717) is 5.92 Å². The van der Waals surface area contributed by atoms with Crippen molar-refractivity contribution in [2.45, 2.75) is 40.5 Å². The fourth-order valence-electron chi connectivity index (χ4n) is 1.50. The molecule has 0 N–H and O–H groups in total. The third kappa shape index (κ3) is 4.92. The zero-order chi connectivity index (χ0) is 10.4. The highest BCUT2D eigenvalue weighted by Crippen LogP contribution is 2.26. The lowest BCUT2D eigenvalue weighted by Crippen LogP contribution is -2.15. The molecule has 0 aliphatic rings. The molecule has 0 amide bonds. The van der Waals surface area contributed by atoms with Gasteiger partial charge < -0.3 is 0 Å². The Labute approximate surface area is 83.7 Å². The third-order valence-electron chi connectivity index (χ3n) is 2.93. The summed E-state index contributed by atoms with van der Waals surface area (Å²) < 4.78 is 0. The van der Waals surface area contributed by atoms with Crippen LogP contribution in [0.5, 0.6) is 0 Å². The molecule has 0 bridgehead atoms. The maximum atomic E-state index is 3.93. The number of hydrogen-bond donors (Lipinski definition) is 0. The normalized spacial score (nSPS) is 15.5. The van der Waals surface area contributed by atoms with Crippen LogP contribution in [0, 0.1) is 17.8 Å². The van der Waals surface area contributed by atoms with Crippen LogP contribution in [0.4, 0.5) is 0 Å².